The quantitative estimate of drug-likeness (QED) is 0.744. The second kappa shape index (κ2) is 8.03. The maximum Gasteiger partial charge on any atom is 0.339 e. The van der Waals surface area contributed by atoms with Gasteiger partial charge in [0.15, 0.2) is 0 Å². The van der Waals surface area contributed by atoms with Crippen LogP contribution in [0.4, 0.5) is 0 Å². The van der Waals surface area contributed by atoms with Crippen molar-refractivity contribution in [3.05, 3.63) is 29.3 Å². The molecule has 1 aromatic carbocycles. The van der Waals surface area contributed by atoms with Gasteiger partial charge in [-0.15, -0.1) is 0 Å². The fraction of sp³-hybridized carbons (Fsp3) is 0.588. The highest BCUT2D eigenvalue weighted by atomic mass is 16.5. The van der Waals surface area contributed by atoms with E-state index in [9.17, 15) is 9.90 Å². The lowest BCUT2D eigenvalue weighted by molar-refractivity contribution is 0.0691. The third kappa shape index (κ3) is 5.38. The molecule has 0 spiro atoms. The number of carboxylic acids is 1. The number of nitrogens with zero attached hydrogens (tertiary/aromatic N) is 1. The number of aryl methyl sites for hydroxylation is 1. The molecule has 0 aliphatic heterocycles. The molecule has 0 radical (unpaired) electrons. The summed E-state index contributed by atoms with van der Waals surface area (Å²) in [6.45, 7) is 12.1. The smallest absolute Gasteiger partial charge is 0.339 e. The molecule has 0 fully saturated rings. The van der Waals surface area contributed by atoms with Crippen molar-refractivity contribution in [1.82, 2.24) is 4.90 Å². The Labute approximate surface area is 127 Å². The summed E-state index contributed by atoms with van der Waals surface area (Å²) in [6, 6.07) is 6.25. The Bertz CT molecular complexity index is 461. The predicted octanol–water partition coefficient (Wildman–Crippen LogP) is 3.58. The van der Waals surface area contributed by atoms with Gasteiger partial charge in [-0.3, -0.25) is 4.90 Å². The van der Waals surface area contributed by atoms with Gasteiger partial charge in [0, 0.05) is 18.6 Å². The Morgan fingerprint density at radius 3 is 2.38 bits per heavy atom. The summed E-state index contributed by atoms with van der Waals surface area (Å²) in [4.78, 5) is 13.6. The molecule has 0 bridgehead atoms. The van der Waals surface area contributed by atoms with Crippen LogP contribution in [0.2, 0.25) is 0 Å². The molecular formula is C17H27NO3. The number of hydrogen-bond donors (Lipinski definition) is 1. The van der Waals surface area contributed by atoms with Gasteiger partial charge < -0.3 is 9.84 Å². The summed E-state index contributed by atoms with van der Waals surface area (Å²) >= 11 is 0. The predicted molar refractivity (Wildman–Crippen MR) is 85.2 cm³/mol. The molecule has 0 aromatic heterocycles. The van der Waals surface area contributed by atoms with Crippen molar-refractivity contribution in [2.24, 2.45) is 0 Å². The van der Waals surface area contributed by atoms with Crippen molar-refractivity contribution in [1.29, 1.82) is 0 Å². The van der Waals surface area contributed by atoms with Crippen LogP contribution in [0, 0.1) is 6.92 Å². The van der Waals surface area contributed by atoms with Crippen LogP contribution in [0.15, 0.2) is 18.2 Å². The number of hydrogen-bond acceptors (Lipinski definition) is 3. The molecule has 0 aliphatic rings. The minimum atomic E-state index is -0.945. The molecule has 0 atom stereocenters. The second-order valence-corrected chi connectivity index (χ2v) is 5.93. The average molecular weight is 293 g/mol. The molecule has 1 rings (SSSR count). The van der Waals surface area contributed by atoms with E-state index in [1.165, 1.54) is 0 Å². The van der Waals surface area contributed by atoms with Gasteiger partial charge >= 0.3 is 5.97 Å². The van der Waals surface area contributed by atoms with Crippen molar-refractivity contribution in [3.63, 3.8) is 0 Å². The van der Waals surface area contributed by atoms with Crippen LogP contribution in [0.3, 0.4) is 0 Å². The maximum absolute atomic E-state index is 11.2. The third-order valence-electron chi connectivity index (χ3n) is 3.51. The number of ether oxygens (including phenoxy) is 1. The molecule has 0 amide bonds. The largest absolute Gasteiger partial charge is 0.493 e. The first-order chi connectivity index (χ1) is 9.82. The molecule has 0 saturated carbocycles. The number of benzene rings is 1. The van der Waals surface area contributed by atoms with E-state index in [1.807, 2.05) is 13.0 Å². The molecule has 1 aromatic rings. The lowest BCUT2D eigenvalue weighted by atomic mass is 10.1. The number of carboxylic acid groups (broad SMARTS) is 1. The Kier molecular flexibility index (Phi) is 6.69. The SMILES string of the molecule is Cc1ccc(OCCCN(C(C)C)C(C)C)c(C(=O)O)c1. The van der Waals surface area contributed by atoms with Gasteiger partial charge in [-0.25, -0.2) is 4.79 Å². The Morgan fingerprint density at radius 1 is 1.24 bits per heavy atom. The van der Waals surface area contributed by atoms with Gasteiger partial charge in [-0.2, -0.15) is 0 Å². The zero-order valence-corrected chi connectivity index (χ0v) is 13.7. The molecule has 0 unspecified atom stereocenters. The van der Waals surface area contributed by atoms with Crippen LogP contribution in [0.1, 0.15) is 50.0 Å². The number of carbonyl (C=O) groups is 1. The second-order valence-electron chi connectivity index (χ2n) is 5.93. The lowest BCUT2D eigenvalue weighted by Gasteiger charge is -2.30. The van der Waals surface area contributed by atoms with Crippen LogP contribution in [0.5, 0.6) is 5.75 Å². The summed E-state index contributed by atoms with van der Waals surface area (Å²) < 4.78 is 5.66. The fourth-order valence-corrected chi connectivity index (χ4v) is 2.48. The molecule has 118 valence electrons. The summed E-state index contributed by atoms with van der Waals surface area (Å²) in [5, 5.41) is 9.19. The highest BCUT2D eigenvalue weighted by Crippen LogP contribution is 2.20. The monoisotopic (exact) mass is 293 g/mol. The minimum absolute atomic E-state index is 0.236. The first-order valence-electron chi connectivity index (χ1n) is 7.55. The summed E-state index contributed by atoms with van der Waals surface area (Å²) in [5.41, 5.74) is 1.16. The van der Waals surface area contributed by atoms with Crippen molar-refractivity contribution in [3.8, 4) is 5.75 Å². The van der Waals surface area contributed by atoms with Crippen LogP contribution in [0.25, 0.3) is 0 Å². The maximum atomic E-state index is 11.2. The highest BCUT2D eigenvalue weighted by molar-refractivity contribution is 5.91. The van der Waals surface area contributed by atoms with Crippen LogP contribution in [-0.4, -0.2) is 41.2 Å². The first-order valence-corrected chi connectivity index (χ1v) is 7.55. The van der Waals surface area contributed by atoms with E-state index >= 15 is 0 Å². The zero-order chi connectivity index (χ0) is 16.0. The number of aromatic carboxylic acids is 1. The van der Waals surface area contributed by atoms with E-state index in [4.69, 9.17) is 4.74 Å². The van der Waals surface area contributed by atoms with Crippen LogP contribution >= 0.6 is 0 Å². The topological polar surface area (TPSA) is 49.8 Å². The standard InChI is InChI=1S/C17H27NO3/c1-12(2)18(13(3)4)9-6-10-21-16-8-7-14(5)11-15(16)17(19)20/h7-8,11-13H,6,9-10H2,1-5H3,(H,19,20). The van der Waals surface area contributed by atoms with E-state index in [0.717, 1.165) is 18.5 Å². The van der Waals surface area contributed by atoms with Crippen molar-refractivity contribution in [2.75, 3.05) is 13.2 Å². The fourth-order valence-electron chi connectivity index (χ4n) is 2.48. The van der Waals surface area contributed by atoms with Gasteiger partial charge in [-0.05, 0) is 53.2 Å². The summed E-state index contributed by atoms with van der Waals surface area (Å²) in [7, 11) is 0. The Balaban J connectivity index is 2.55. The van der Waals surface area contributed by atoms with E-state index in [2.05, 4.69) is 32.6 Å². The molecule has 4 heteroatoms. The first kappa shape index (κ1) is 17.5. The molecular weight excluding hydrogens is 266 g/mol. The number of rotatable bonds is 8. The van der Waals surface area contributed by atoms with E-state index in [0.29, 0.717) is 24.4 Å². The summed E-state index contributed by atoms with van der Waals surface area (Å²) in [6.07, 6.45) is 0.878. The summed E-state index contributed by atoms with van der Waals surface area (Å²) in [5.74, 6) is -0.492. The van der Waals surface area contributed by atoms with E-state index in [-0.39, 0.29) is 5.56 Å². The van der Waals surface area contributed by atoms with Crippen LogP contribution < -0.4 is 4.74 Å². The minimum Gasteiger partial charge on any atom is -0.493 e. The highest BCUT2D eigenvalue weighted by Gasteiger charge is 2.14. The molecule has 0 aliphatic carbocycles. The van der Waals surface area contributed by atoms with Crippen molar-refractivity contribution in [2.45, 2.75) is 53.1 Å². The van der Waals surface area contributed by atoms with Gasteiger partial charge in [0.05, 0.1) is 6.61 Å². The van der Waals surface area contributed by atoms with E-state index in [1.54, 1.807) is 12.1 Å². The third-order valence-corrected chi connectivity index (χ3v) is 3.51. The Hall–Kier alpha value is -1.55. The average Bonchev–Trinajstić information content (AvgIpc) is 2.38. The van der Waals surface area contributed by atoms with E-state index < -0.39 is 5.97 Å². The molecule has 0 heterocycles. The normalized spacial score (nSPS) is 11.4. The molecule has 0 saturated heterocycles. The molecule has 4 nitrogen and oxygen atoms in total. The molecule has 21 heavy (non-hydrogen) atoms. The van der Waals surface area contributed by atoms with Gasteiger partial charge in [0.1, 0.15) is 11.3 Å². The van der Waals surface area contributed by atoms with Crippen LogP contribution in [-0.2, 0) is 0 Å². The van der Waals surface area contributed by atoms with Crippen molar-refractivity contribution < 1.29 is 14.6 Å². The molecule has 1 N–H and O–H groups in total. The lowest BCUT2D eigenvalue weighted by Crippen LogP contribution is -2.38. The van der Waals surface area contributed by atoms with Gasteiger partial charge in [0.2, 0.25) is 0 Å². The van der Waals surface area contributed by atoms with Gasteiger partial charge in [-0.1, -0.05) is 11.6 Å². The zero-order valence-electron chi connectivity index (χ0n) is 13.7. The Morgan fingerprint density at radius 2 is 1.86 bits per heavy atom. The van der Waals surface area contributed by atoms with Crippen molar-refractivity contribution >= 4 is 5.97 Å². The van der Waals surface area contributed by atoms with Gasteiger partial charge in [0.25, 0.3) is 0 Å².